The molecule has 0 heterocycles. The van der Waals surface area contributed by atoms with Crippen molar-refractivity contribution in [3.63, 3.8) is 0 Å². The number of rotatable bonds is 1. The molecule has 60 valence electrons. The van der Waals surface area contributed by atoms with E-state index in [1.807, 2.05) is 13.8 Å². The largest absolute Gasteiger partial charge is 0.400 e. The minimum atomic E-state index is 0.296. The van der Waals surface area contributed by atoms with Crippen LogP contribution in [0.25, 0.3) is 0 Å². The van der Waals surface area contributed by atoms with Gasteiger partial charge in [0, 0.05) is 5.69 Å². The van der Waals surface area contributed by atoms with E-state index in [9.17, 15) is 0 Å². The van der Waals surface area contributed by atoms with E-state index in [0.717, 1.165) is 5.56 Å². The van der Waals surface area contributed by atoms with Crippen molar-refractivity contribution in [2.75, 3.05) is 5.73 Å². The molecular formula is C9H10B3N. The van der Waals surface area contributed by atoms with E-state index in [1.54, 1.807) is 6.07 Å². The van der Waals surface area contributed by atoms with Crippen LogP contribution in [-0.2, 0) is 0 Å². The van der Waals surface area contributed by atoms with Crippen LogP contribution < -0.4 is 22.1 Å². The lowest BCUT2D eigenvalue weighted by Gasteiger charge is -2.17. The SMILES string of the molecule is [B]c1cc(C(C)C)c([B])c([B])c1N. The molecule has 0 bridgehead atoms. The van der Waals surface area contributed by atoms with Crippen molar-refractivity contribution in [2.24, 2.45) is 0 Å². The summed E-state index contributed by atoms with van der Waals surface area (Å²) in [5.74, 6) is 0.296. The zero-order chi connectivity index (χ0) is 10.2. The number of anilines is 1. The van der Waals surface area contributed by atoms with Gasteiger partial charge >= 0.3 is 0 Å². The maximum Gasteiger partial charge on any atom is 0.116 e. The highest BCUT2D eigenvalue weighted by Gasteiger charge is 2.08. The number of hydrogen-bond donors (Lipinski definition) is 1. The third-order valence-corrected chi connectivity index (χ3v) is 2.14. The van der Waals surface area contributed by atoms with Crippen LogP contribution in [-0.4, -0.2) is 23.5 Å². The molecule has 13 heavy (non-hydrogen) atoms. The van der Waals surface area contributed by atoms with Gasteiger partial charge in [-0.15, -0.1) is 0 Å². The molecule has 1 nitrogen and oxygen atoms in total. The van der Waals surface area contributed by atoms with Crippen LogP contribution in [0.5, 0.6) is 0 Å². The molecule has 0 saturated carbocycles. The Morgan fingerprint density at radius 1 is 1.15 bits per heavy atom. The number of nitrogens with two attached hydrogens (primary N) is 1. The molecule has 0 unspecified atom stereocenters. The first-order valence-corrected chi connectivity index (χ1v) is 4.18. The fraction of sp³-hybridized carbons (Fsp3) is 0.333. The van der Waals surface area contributed by atoms with Crippen LogP contribution >= 0.6 is 0 Å². The summed E-state index contributed by atoms with van der Waals surface area (Å²) < 4.78 is 0. The number of benzene rings is 1. The van der Waals surface area contributed by atoms with Crippen molar-refractivity contribution in [1.82, 2.24) is 0 Å². The molecule has 0 saturated heterocycles. The lowest BCUT2D eigenvalue weighted by atomic mass is 9.71. The summed E-state index contributed by atoms with van der Waals surface area (Å²) in [5, 5.41) is 0. The van der Waals surface area contributed by atoms with Crippen molar-refractivity contribution in [1.29, 1.82) is 0 Å². The van der Waals surface area contributed by atoms with Gasteiger partial charge in [-0.3, -0.25) is 0 Å². The third-order valence-electron chi connectivity index (χ3n) is 2.14. The molecule has 1 rings (SSSR count). The normalized spacial score (nSPS) is 10.7. The molecule has 0 aliphatic heterocycles. The second-order valence-corrected chi connectivity index (χ2v) is 3.45. The van der Waals surface area contributed by atoms with Crippen molar-refractivity contribution in [3.05, 3.63) is 11.6 Å². The summed E-state index contributed by atoms with van der Waals surface area (Å²) >= 11 is 0. The molecule has 0 aliphatic carbocycles. The summed E-state index contributed by atoms with van der Waals surface area (Å²) in [6, 6.07) is 1.78. The van der Waals surface area contributed by atoms with Crippen molar-refractivity contribution < 1.29 is 0 Å². The van der Waals surface area contributed by atoms with Crippen LogP contribution in [0.1, 0.15) is 25.3 Å². The molecule has 0 amide bonds. The number of hydrogen-bond acceptors (Lipinski definition) is 1. The van der Waals surface area contributed by atoms with Gasteiger partial charge < -0.3 is 5.73 Å². The smallest absolute Gasteiger partial charge is 0.116 e. The molecule has 6 radical (unpaired) electrons. The molecular weight excluding hydrogens is 155 g/mol. The second kappa shape index (κ2) is 3.53. The first kappa shape index (κ1) is 10.3. The van der Waals surface area contributed by atoms with E-state index in [1.165, 1.54) is 0 Å². The van der Waals surface area contributed by atoms with Crippen LogP contribution in [0.15, 0.2) is 6.07 Å². The van der Waals surface area contributed by atoms with Gasteiger partial charge in [0.1, 0.15) is 23.5 Å². The average molecular weight is 165 g/mol. The van der Waals surface area contributed by atoms with Crippen molar-refractivity contribution in [3.8, 4) is 0 Å². The molecule has 0 fully saturated rings. The zero-order valence-corrected chi connectivity index (χ0v) is 7.96. The van der Waals surface area contributed by atoms with Gasteiger partial charge in [0.25, 0.3) is 0 Å². The van der Waals surface area contributed by atoms with E-state index >= 15 is 0 Å². The van der Waals surface area contributed by atoms with Crippen LogP contribution in [0.4, 0.5) is 5.69 Å². The van der Waals surface area contributed by atoms with Crippen molar-refractivity contribution in [2.45, 2.75) is 19.8 Å². The first-order valence-electron chi connectivity index (χ1n) is 4.18. The van der Waals surface area contributed by atoms with Gasteiger partial charge in [-0.2, -0.15) is 0 Å². The zero-order valence-electron chi connectivity index (χ0n) is 7.96. The number of nitrogen functional groups attached to an aromatic ring is 1. The predicted molar refractivity (Wildman–Crippen MR) is 61.1 cm³/mol. The fourth-order valence-electron chi connectivity index (χ4n) is 1.26. The molecule has 1 aromatic rings. The third kappa shape index (κ3) is 1.77. The van der Waals surface area contributed by atoms with Gasteiger partial charge in [0.2, 0.25) is 0 Å². The Labute approximate surface area is 83.3 Å². The van der Waals surface area contributed by atoms with E-state index < -0.39 is 0 Å². The molecule has 4 heteroatoms. The Bertz CT molecular complexity index is 334. The van der Waals surface area contributed by atoms with Gasteiger partial charge in [0.15, 0.2) is 0 Å². The molecule has 2 N–H and O–H groups in total. The summed E-state index contributed by atoms with van der Waals surface area (Å²) in [7, 11) is 17.2. The van der Waals surface area contributed by atoms with Crippen LogP contribution in [0, 0.1) is 0 Å². The van der Waals surface area contributed by atoms with Crippen LogP contribution in [0.2, 0.25) is 0 Å². The maximum atomic E-state index is 5.79. The Morgan fingerprint density at radius 3 is 2.15 bits per heavy atom. The molecule has 1 aromatic carbocycles. The fourth-order valence-corrected chi connectivity index (χ4v) is 1.26. The molecule has 0 aromatic heterocycles. The lowest BCUT2D eigenvalue weighted by Crippen LogP contribution is -2.37. The lowest BCUT2D eigenvalue weighted by molar-refractivity contribution is 0.875. The highest BCUT2D eigenvalue weighted by atomic mass is 14.6. The minimum absolute atomic E-state index is 0.296. The Morgan fingerprint density at radius 2 is 1.69 bits per heavy atom. The van der Waals surface area contributed by atoms with E-state index in [4.69, 9.17) is 29.3 Å². The van der Waals surface area contributed by atoms with Gasteiger partial charge in [0.05, 0.1) is 0 Å². The Kier molecular flexibility index (Phi) is 2.79. The van der Waals surface area contributed by atoms with E-state index in [2.05, 4.69) is 0 Å². The Hall–Kier alpha value is -0.785. The minimum Gasteiger partial charge on any atom is -0.400 e. The summed E-state index contributed by atoms with van der Waals surface area (Å²) in [5.41, 5.74) is 8.38. The molecule has 0 spiro atoms. The maximum absolute atomic E-state index is 5.79. The van der Waals surface area contributed by atoms with Gasteiger partial charge in [-0.25, -0.2) is 0 Å². The predicted octanol–water partition coefficient (Wildman–Crippen LogP) is -1.23. The summed E-state index contributed by atoms with van der Waals surface area (Å²) in [6.45, 7) is 4.06. The monoisotopic (exact) mass is 165 g/mol. The quantitative estimate of drug-likeness (QED) is 0.409. The highest BCUT2D eigenvalue weighted by Crippen LogP contribution is 2.09. The highest BCUT2D eigenvalue weighted by molar-refractivity contribution is 6.54. The Balaban J connectivity index is 3.41. The van der Waals surface area contributed by atoms with Gasteiger partial charge in [-0.05, 0) is 5.92 Å². The topological polar surface area (TPSA) is 26.0 Å². The second-order valence-electron chi connectivity index (χ2n) is 3.45. The average Bonchev–Trinajstić information content (AvgIpc) is 2.07. The van der Waals surface area contributed by atoms with Crippen LogP contribution in [0.3, 0.4) is 0 Å². The molecule has 0 aliphatic rings. The van der Waals surface area contributed by atoms with Crippen molar-refractivity contribution >= 4 is 45.6 Å². The summed E-state index contributed by atoms with van der Waals surface area (Å²) in [4.78, 5) is 0. The van der Waals surface area contributed by atoms with E-state index in [0.29, 0.717) is 28.0 Å². The first-order chi connectivity index (χ1) is 5.95. The van der Waals surface area contributed by atoms with E-state index in [-0.39, 0.29) is 0 Å². The standard InChI is InChI=1S/C9H10B3N/c1-4(2)5-3-6(10)9(13)8(12)7(5)11/h3-4H,13H2,1-2H3. The van der Waals surface area contributed by atoms with Gasteiger partial charge in [-0.1, -0.05) is 41.9 Å². The summed E-state index contributed by atoms with van der Waals surface area (Å²) in [6.07, 6.45) is 0. The molecule has 0 atom stereocenters.